The molecule has 0 bridgehead atoms. The van der Waals surface area contributed by atoms with Crippen LogP contribution in [0.1, 0.15) is 30.8 Å². The van der Waals surface area contributed by atoms with Crippen LogP contribution in [0, 0.1) is 23.0 Å². The van der Waals surface area contributed by atoms with E-state index in [1.165, 1.54) is 0 Å². The summed E-state index contributed by atoms with van der Waals surface area (Å²) in [7, 11) is 0. The Morgan fingerprint density at radius 1 is 1.42 bits per heavy atom. The first-order valence-corrected chi connectivity index (χ1v) is 5.80. The molecule has 0 saturated heterocycles. The maximum Gasteiger partial charge on any atom is 0.150 e. The van der Waals surface area contributed by atoms with Crippen LogP contribution in [0.25, 0.3) is 0 Å². The third-order valence-electron chi connectivity index (χ3n) is 2.75. The van der Waals surface area contributed by atoms with E-state index in [0.717, 1.165) is 12.1 Å². The number of aromatic amines is 1. The Morgan fingerprint density at radius 2 is 2.11 bits per heavy atom. The number of hydrogen-bond acceptors (Lipinski definition) is 3. The summed E-state index contributed by atoms with van der Waals surface area (Å²) in [6.45, 7) is 1.87. The SMILES string of the molecule is CCC(Nc1c(F)cc(C#N)cc1F)c1ncc[nH]1. The van der Waals surface area contributed by atoms with E-state index in [9.17, 15) is 8.78 Å². The number of rotatable bonds is 4. The second-order valence-corrected chi connectivity index (χ2v) is 4.01. The minimum Gasteiger partial charge on any atom is -0.370 e. The van der Waals surface area contributed by atoms with Gasteiger partial charge in [0.1, 0.15) is 11.5 Å². The lowest BCUT2D eigenvalue weighted by molar-refractivity contribution is 0.577. The highest BCUT2D eigenvalue weighted by Gasteiger charge is 2.17. The van der Waals surface area contributed by atoms with Crippen molar-refractivity contribution < 1.29 is 8.78 Å². The van der Waals surface area contributed by atoms with Crippen molar-refractivity contribution in [2.45, 2.75) is 19.4 Å². The topological polar surface area (TPSA) is 64.5 Å². The second-order valence-electron chi connectivity index (χ2n) is 4.01. The highest BCUT2D eigenvalue weighted by molar-refractivity contribution is 5.51. The maximum atomic E-state index is 13.8. The molecule has 2 N–H and O–H groups in total. The molecule has 0 spiro atoms. The van der Waals surface area contributed by atoms with Crippen LogP contribution in [0.3, 0.4) is 0 Å². The van der Waals surface area contributed by atoms with Crippen LogP contribution in [0.5, 0.6) is 0 Å². The summed E-state index contributed by atoms with van der Waals surface area (Å²) in [5, 5.41) is 11.4. The van der Waals surface area contributed by atoms with E-state index in [1.807, 2.05) is 6.92 Å². The van der Waals surface area contributed by atoms with E-state index < -0.39 is 11.6 Å². The average molecular weight is 262 g/mol. The van der Waals surface area contributed by atoms with Gasteiger partial charge >= 0.3 is 0 Å². The molecular weight excluding hydrogens is 250 g/mol. The minimum absolute atomic E-state index is 0.0494. The van der Waals surface area contributed by atoms with Crippen LogP contribution < -0.4 is 5.32 Å². The monoisotopic (exact) mass is 262 g/mol. The number of anilines is 1. The van der Waals surface area contributed by atoms with Gasteiger partial charge in [0, 0.05) is 12.4 Å². The van der Waals surface area contributed by atoms with E-state index in [2.05, 4.69) is 15.3 Å². The van der Waals surface area contributed by atoms with E-state index in [4.69, 9.17) is 5.26 Å². The van der Waals surface area contributed by atoms with Crippen molar-refractivity contribution >= 4 is 5.69 Å². The molecule has 98 valence electrons. The zero-order valence-corrected chi connectivity index (χ0v) is 10.2. The lowest BCUT2D eigenvalue weighted by atomic mass is 10.1. The molecular formula is C13H12F2N4. The molecule has 2 aromatic rings. The molecule has 1 heterocycles. The molecule has 0 radical (unpaired) electrons. The molecule has 0 amide bonds. The van der Waals surface area contributed by atoms with Crippen molar-refractivity contribution in [1.82, 2.24) is 9.97 Å². The first kappa shape index (κ1) is 13.0. The lowest BCUT2D eigenvalue weighted by Crippen LogP contribution is -2.13. The van der Waals surface area contributed by atoms with Gasteiger partial charge in [-0.25, -0.2) is 13.8 Å². The van der Waals surface area contributed by atoms with Crippen LogP contribution in [-0.2, 0) is 0 Å². The summed E-state index contributed by atoms with van der Waals surface area (Å²) < 4.78 is 27.5. The highest BCUT2D eigenvalue weighted by Crippen LogP contribution is 2.26. The normalized spacial score (nSPS) is 11.9. The van der Waals surface area contributed by atoms with Crippen LogP contribution in [0.15, 0.2) is 24.5 Å². The predicted molar refractivity (Wildman–Crippen MR) is 66.3 cm³/mol. The summed E-state index contributed by atoms with van der Waals surface area (Å²) in [4.78, 5) is 6.96. The number of halogens is 2. The van der Waals surface area contributed by atoms with Crippen molar-refractivity contribution in [3.05, 3.63) is 47.5 Å². The van der Waals surface area contributed by atoms with Crippen molar-refractivity contribution in [3.8, 4) is 6.07 Å². The average Bonchev–Trinajstić information content (AvgIpc) is 2.91. The van der Waals surface area contributed by atoms with Gasteiger partial charge in [0.05, 0.1) is 17.7 Å². The van der Waals surface area contributed by atoms with E-state index >= 15 is 0 Å². The number of H-pyrrole nitrogens is 1. The van der Waals surface area contributed by atoms with Crippen molar-refractivity contribution in [2.24, 2.45) is 0 Å². The molecule has 19 heavy (non-hydrogen) atoms. The second kappa shape index (κ2) is 5.48. The quantitative estimate of drug-likeness (QED) is 0.889. The van der Waals surface area contributed by atoms with E-state index in [-0.39, 0.29) is 17.3 Å². The zero-order chi connectivity index (χ0) is 13.8. The van der Waals surface area contributed by atoms with Gasteiger partial charge in [0.15, 0.2) is 11.6 Å². The molecule has 0 saturated carbocycles. The third-order valence-corrected chi connectivity index (χ3v) is 2.75. The molecule has 0 aliphatic rings. The van der Waals surface area contributed by atoms with Gasteiger partial charge < -0.3 is 10.3 Å². The zero-order valence-electron chi connectivity index (χ0n) is 10.2. The van der Waals surface area contributed by atoms with Gasteiger partial charge in [-0.2, -0.15) is 5.26 Å². The van der Waals surface area contributed by atoms with Gasteiger partial charge in [0.2, 0.25) is 0 Å². The Morgan fingerprint density at radius 3 is 2.58 bits per heavy atom. The lowest BCUT2D eigenvalue weighted by Gasteiger charge is -2.17. The standard InChI is InChI=1S/C13H12F2N4/c1-2-11(13-17-3-4-18-13)19-12-9(14)5-8(7-16)6-10(12)15/h3-6,11,19H,2H2,1H3,(H,17,18). The molecule has 2 rings (SSSR count). The molecule has 1 unspecified atom stereocenters. The van der Waals surface area contributed by atoms with Gasteiger partial charge in [-0.1, -0.05) is 6.92 Å². The fraction of sp³-hybridized carbons (Fsp3) is 0.231. The van der Waals surface area contributed by atoms with Crippen LogP contribution in [-0.4, -0.2) is 9.97 Å². The van der Waals surface area contributed by atoms with E-state index in [0.29, 0.717) is 12.2 Å². The van der Waals surface area contributed by atoms with Gasteiger partial charge in [0.25, 0.3) is 0 Å². The Hall–Kier alpha value is -2.42. The van der Waals surface area contributed by atoms with Gasteiger partial charge in [-0.05, 0) is 18.6 Å². The van der Waals surface area contributed by atoms with Crippen molar-refractivity contribution in [2.75, 3.05) is 5.32 Å². The molecule has 6 heteroatoms. The number of nitriles is 1. The predicted octanol–water partition coefficient (Wildman–Crippen LogP) is 3.12. The molecule has 1 aromatic carbocycles. The largest absolute Gasteiger partial charge is 0.370 e. The van der Waals surface area contributed by atoms with Crippen molar-refractivity contribution in [1.29, 1.82) is 5.26 Å². The molecule has 1 aromatic heterocycles. The Bertz CT molecular complexity index is 579. The molecule has 0 aliphatic carbocycles. The minimum atomic E-state index is -0.790. The highest BCUT2D eigenvalue weighted by atomic mass is 19.1. The van der Waals surface area contributed by atoms with Crippen LogP contribution in [0.2, 0.25) is 0 Å². The van der Waals surface area contributed by atoms with Gasteiger partial charge in [-0.15, -0.1) is 0 Å². The summed E-state index contributed by atoms with van der Waals surface area (Å²) in [5.41, 5.74) is -0.297. The summed E-state index contributed by atoms with van der Waals surface area (Å²) >= 11 is 0. The number of nitrogens with zero attached hydrogens (tertiary/aromatic N) is 2. The fourth-order valence-electron chi connectivity index (χ4n) is 1.78. The molecule has 0 fully saturated rings. The van der Waals surface area contributed by atoms with Gasteiger partial charge in [-0.3, -0.25) is 0 Å². The number of hydrogen-bond donors (Lipinski definition) is 2. The third kappa shape index (κ3) is 2.71. The number of imidazole rings is 1. The summed E-state index contributed by atoms with van der Waals surface area (Å²) in [5.74, 6) is -0.978. The molecule has 4 nitrogen and oxygen atoms in total. The molecule has 0 aliphatic heterocycles. The molecule has 1 atom stereocenters. The van der Waals surface area contributed by atoms with Crippen molar-refractivity contribution in [3.63, 3.8) is 0 Å². The Labute approximate surface area is 109 Å². The van der Waals surface area contributed by atoms with Crippen LogP contribution >= 0.6 is 0 Å². The number of benzene rings is 1. The van der Waals surface area contributed by atoms with Crippen LogP contribution in [0.4, 0.5) is 14.5 Å². The Balaban J connectivity index is 2.30. The fourth-order valence-corrected chi connectivity index (χ4v) is 1.78. The number of aromatic nitrogens is 2. The van der Waals surface area contributed by atoms with E-state index in [1.54, 1.807) is 18.5 Å². The summed E-state index contributed by atoms with van der Waals surface area (Å²) in [6.07, 6.45) is 3.82. The first-order chi connectivity index (χ1) is 9.15. The maximum absolute atomic E-state index is 13.8. The number of nitrogens with one attached hydrogen (secondary N) is 2. The first-order valence-electron chi connectivity index (χ1n) is 5.80. The smallest absolute Gasteiger partial charge is 0.150 e. The Kier molecular flexibility index (Phi) is 3.76. The summed E-state index contributed by atoms with van der Waals surface area (Å²) in [6, 6.07) is 3.38.